The van der Waals surface area contributed by atoms with Gasteiger partial charge in [0.25, 0.3) is 5.56 Å². The zero-order valence-electron chi connectivity index (χ0n) is 27.1. The summed E-state index contributed by atoms with van der Waals surface area (Å²) >= 11 is 0. The number of aromatic amines is 1. The second-order valence-corrected chi connectivity index (χ2v) is 16.1. The number of benzene rings is 1. The fourth-order valence-electron chi connectivity index (χ4n) is 5.10. The van der Waals surface area contributed by atoms with Gasteiger partial charge < -0.3 is 70.9 Å². The van der Waals surface area contributed by atoms with Gasteiger partial charge in [0, 0.05) is 12.1 Å². The van der Waals surface area contributed by atoms with Crippen LogP contribution in [0.3, 0.4) is 0 Å². The summed E-state index contributed by atoms with van der Waals surface area (Å²) in [4.78, 5) is 59.2. The maximum atomic E-state index is 12.3. The molecule has 52 heavy (non-hydrogen) atoms. The smallest absolute Gasteiger partial charge is 0.390 e. The van der Waals surface area contributed by atoms with Crippen molar-refractivity contribution in [3.63, 3.8) is 0 Å². The first-order chi connectivity index (χ1) is 24.0. The van der Waals surface area contributed by atoms with E-state index in [9.17, 15) is 53.8 Å². The predicted octanol–water partition coefficient (Wildman–Crippen LogP) is -1.83. The largest absolute Gasteiger partial charge is 0.490 e. The van der Waals surface area contributed by atoms with E-state index in [1.54, 1.807) is 24.3 Å². The van der Waals surface area contributed by atoms with E-state index in [1.165, 1.54) is 0 Å². The number of aliphatic hydroxyl groups is 5. The van der Waals surface area contributed by atoms with Crippen LogP contribution in [0.15, 0.2) is 34.1 Å². The molecule has 0 amide bonds. The highest BCUT2D eigenvalue weighted by atomic mass is 31.3. The summed E-state index contributed by atoms with van der Waals surface area (Å²) in [5.41, 5.74) is 7.10. The van der Waals surface area contributed by atoms with Gasteiger partial charge >= 0.3 is 23.5 Å². The lowest BCUT2D eigenvalue weighted by atomic mass is 10.00. The number of nitrogens with zero attached hydrogens (tertiary/aromatic N) is 2. The van der Waals surface area contributed by atoms with Gasteiger partial charge in [-0.25, -0.2) is 18.7 Å². The second kappa shape index (κ2) is 16.8. The van der Waals surface area contributed by atoms with Crippen LogP contribution in [0, 0.1) is 0 Å². The Morgan fingerprint density at radius 1 is 1.00 bits per heavy atom. The number of anilines is 3. The monoisotopic (exact) mass is 804 g/mol. The third kappa shape index (κ3) is 11.4. The summed E-state index contributed by atoms with van der Waals surface area (Å²) in [6, 6.07) is 6.14. The minimum Gasteiger partial charge on any atom is -0.390 e. The van der Waals surface area contributed by atoms with Crippen molar-refractivity contribution < 1.29 is 81.4 Å². The molecule has 4 rings (SSSR count). The van der Waals surface area contributed by atoms with Crippen LogP contribution >= 0.6 is 23.5 Å². The molecule has 2 aliphatic heterocycles. The number of H-pyrrole nitrogens is 1. The van der Waals surface area contributed by atoms with E-state index in [1.807, 2.05) is 13.8 Å². The Bertz CT molecular complexity index is 1790. The van der Waals surface area contributed by atoms with Crippen molar-refractivity contribution in [3.05, 3.63) is 40.2 Å². The number of nitrogen functional groups attached to an aromatic ring is 1. The van der Waals surface area contributed by atoms with E-state index in [2.05, 4.69) is 38.7 Å². The van der Waals surface area contributed by atoms with Crippen LogP contribution in [-0.2, 0) is 42.7 Å². The molecule has 27 heteroatoms. The highest BCUT2D eigenvalue weighted by Gasteiger charge is 2.46. The van der Waals surface area contributed by atoms with E-state index in [0.29, 0.717) is 17.0 Å². The lowest BCUT2D eigenvalue weighted by Crippen LogP contribution is -2.43. The SMILES string of the molecule is C[C@@H]1Nc2nc(N)[nH]c(=O)c2N=C1[C@@H](C)Nc1ccc(C[C@H](O)[C@H](O)[C@H](O)CO[C@H]2O[C@H](COP(=O)(O)OP(=O)(O)OP(=O)(O)O)[C@@H](O)[C@H]2O)cc1. The molecule has 0 bridgehead atoms. The lowest BCUT2D eigenvalue weighted by Gasteiger charge is -2.28. The highest BCUT2D eigenvalue weighted by molar-refractivity contribution is 7.66. The van der Waals surface area contributed by atoms with E-state index < -0.39 is 85.2 Å². The van der Waals surface area contributed by atoms with Crippen LogP contribution < -0.4 is 21.9 Å². The Kier molecular flexibility index (Phi) is 13.6. The third-order valence-corrected chi connectivity index (χ3v) is 11.3. The first-order valence-corrected chi connectivity index (χ1v) is 19.6. The van der Waals surface area contributed by atoms with E-state index >= 15 is 0 Å². The quantitative estimate of drug-likeness (QED) is 0.0782. The van der Waals surface area contributed by atoms with Gasteiger partial charge in [-0.2, -0.15) is 13.6 Å². The number of nitrogens with one attached hydrogen (secondary N) is 3. The zero-order valence-corrected chi connectivity index (χ0v) is 29.8. The lowest BCUT2D eigenvalue weighted by molar-refractivity contribution is -0.192. The number of aliphatic imine (C=N–C) groups is 1. The number of fused-ring (bicyclic) bond motifs is 1. The standard InChI is InChI=1S/C25H39N6O18P3/c1-10(17-11(2)28-22-18(29-17)23(37)31-25(26)30-22)27-13-5-3-12(4-6-13)7-14(32)19(34)15(33)8-45-24-21(36)20(35)16(47-24)9-46-51(41,42)49-52(43,44)48-50(38,39)40/h3-6,10-11,14-16,19-21,24,27,32-36H,7-9H2,1-2H3,(H,41,42)(H,43,44)(H2,38,39,40)(H4,26,28,30,31,37)/t10-,11+,14+,15-,16-,19+,20-,21-,24+/m1/s1. The van der Waals surface area contributed by atoms with Crippen molar-refractivity contribution >= 4 is 52.3 Å². The third-order valence-electron chi connectivity index (χ3n) is 7.53. The molecule has 11 atom stereocenters. The number of hydrogen-bond acceptors (Lipinski definition) is 19. The van der Waals surface area contributed by atoms with Crippen molar-refractivity contribution in [2.45, 2.75) is 75.3 Å². The average molecular weight is 805 g/mol. The van der Waals surface area contributed by atoms with E-state index in [0.717, 1.165) is 0 Å². The molecule has 24 nitrogen and oxygen atoms in total. The molecule has 1 saturated heterocycles. The summed E-state index contributed by atoms with van der Waals surface area (Å²) in [6.07, 6.45) is -12.1. The van der Waals surface area contributed by atoms with Gasteiger partial charge in [-0.1, -0.05) is 12.1 Å². The van der Waals surface area contributed by atoms with Crippen molar-refractivity contribution in [1.29, 1.82) is 0 Å². The summed E-state index contributed by atoms with van der Waals surface area (Å²) < 4.78 is 56.0. The summed E-state index contributed by atoms with van der Waals surface area (Å²) in [5, 5.41) is 58.2. The molecule has 0 saturated carbocycles. The van der Waals surface area contributed by atoms with Crippen molar-refractivity contribution in [3.8, 4) is 0 Å². The number of phosphoric ester groups is 1. The minimum absolute atomic E-state index is 0.0376. The minimum atomic E-state index is -5.80. The average Bonchev–Trinajstić information content (AvgIpc) is 3.29. The number of aliphatic hydroxyl groups excluding tert-OH is 5. The first-order valence-electron chi connectivity index (χ1n) is 15.1. The van der Waals surface area contributed by atoms with Gasteiger partial charge in [0.1, 0.15) is 30.5 Å². The van der Waals surface area contributed by atoms with Crippen LogP contribution in [0.2, 0.25) is 0 Å². The number of hydrogen-bond donors (Lipinski definition) is 13. The van der Waals surface area contributed by atoms with Gasteiger partial charge in [-0.05, 0) is 31.5 Å². The van der Waals surface area contributed by atoms with Gasteiger partial charge in [-0.15, -0.1) is 0 Å². The molecule has 2 aliphatic rings. The van der Waals surface area contributed by atoms with Crippen LogP contribution in [0.5, 0.6) is 0 Å². The first kappa shape index (κ1) is 42.0. The normalized spacial score (nSPS) is 26.5. The van der Waals surface area contributed by atoms with Crippen molar-refractivity contribution in [1.82, 2.24) is 9.97 Å². The topological polar surface area (TPSA) is 388 Å². The van der Waals surface area contributed by atoms with Crippen molar-refractivity contribution in [2.75, 3.05) is 29.6 Å². The van der Waals surface area contributed by atoms with Gasteiger partial charge in [0.05, 0.1) is 37.1 Å². The summed E-state index contributed by atoms with van der Waals surface area (Å²) in [6.45, 7) is 1.86. The number of aromatic nitrogens is 2. The summed E-state index contributed by atoms with van der Waals surface area (Å²) in [7, 11) is -17.0. The van der Waals surface area contributed by atoms with Crippen LogP contribution in [0.4, 0.5) is 23.1 Å². The molecule has 0 radical (unpaired) electrons. The second-order valence-electron chi connectivity index (χ2n) is 11.7. The van der Waals surface area contributed by atoms with E-state index in [4.69, 9.17) is 25.0 Å². The molecular weight excluding hydrogens is 765 g/mol. The number of rotatable bonds is 17. The Balaban J connectivity index is 1.24. The molecule has 2 unspecified atom stereocenters. The highest BCUT2D eigenvalue weighted by Crippen LogP contribution is 2.66. The van der Waals surface area contributed by atoms with Gasteiger partial charge in [0.15, 0.2) is 17.8 Å². The molecule has 3 heterocycles. The van der Waals surface area contributed by atoms with Gasteiger partial charge in [0.2, 0.25) is 5.95 Å². The molecule has 1 aromatic heterocycles. The van der Waals surface area contributed by atoms with Crippen molar-refractivity contribution in [2.24, 2.45) is 4.99 Å². The van der Waals surface area contributed by atoms with Crippen LogP contribution in [0.25, 0.3) is 0 Å². The van der Waals surface area contributed by atoms with E-state index in [-0.39, 0.29) is 36.0 Å². The van der Waals surface area contributed by atoms with Crippen LogP contribution in [-0.4, -0.2) is 129 Å². The fraction of sp³-hybridized carbons (Fsp3) is 0.560. The van der Waals surface area contributed by atoms with Gasteiger partial charge in [-0.3, -0.25) is 14.3 Å². The maximum Gasteiger partial charge on any atom is 0.490 e. The number of ether oxygens (including phenoxy) is 2. The molecule has 1 aromatic carbocycles. The summed E-state index contributed by atoms with van der Waals surface area (Å²) in [5.74, 6) is 0.237. The molecule has 14 N–H and O–H groups in total. The number of nitrogens with two attached hydrogens (primary N) is 1. The number of phosphoric acid groups is 3. The Hall–Kier alpha value is -2.70. The fourth-order valence-corrected chi connectivity index (χ4v) is 8.13. The Morgan fingerprint density at radius 3 is 2.29 bits per heavy atom. The molecule has 1 fully saturated rings. The maximum absolute atomic E-state index is 12.3. The predicted molar refractivity (Wildman–Crippen MR) is 177 cm³/mol. The Morgan fingerprint density at radius 2 is 1.65 bits per heavy atom. The molecule has 0 spiro atoms. The molecule has 292 valence electrons. The Labute approximate surface area is 293 Å². The zero-order chi connectivity index (χ0) is 38.8. The molecule has 0 aliphatic carbocycles. The molecular formula is C25H39N6O18P3. The molecule has 2 aromatic rings. The van der Waals surface area contributed by atoms with Crippen LogP contribution in [0.1, 0.15) is 19.4 Å².